The van der Waals surface area contributed by atoms with Gasteiger partial charge in [-0.1, -0.05) is 35.8 Å². The van der Waals surface area contributed by atoms with Gasteiger partial charge in [-0.25, -0.2) is 0 Å². The number of hydrogen-bond donors (Lipinski definition) is 4. The third-order valence-electron chi connectivity index (χ3n) is 6.52. The van der Waals surface area contributed by atoms with Crippen LogP contribution in [0.3, 0.4) is 0 Å². The molecule has 0 unspecified atom stereocenters. The Morgan fingerprint density at radius 2 is 1.65 bits per heavy atom. The number of aliphatic hydroxyl groups is 4. The first-order valence-corrected chi connectivity index (χ1v) is 11.1. The van der Waals surface area contributed by atoms with Crippen molar-refractivity contribution >= 4 is 13.3 Å². The molecule has 7 heteroatoms. The number of hydrogen-bond acceptors (Lipinski definition) is 6. The van der Waals surface area contributed by atoms with Crippen LogP contribution in [0.4, 0.5) is 0 Å². The first kappa shape index (κ1) is 22.3. The molecule has 0 spiro atoms. The first-order valence-electron chi connectivity index (χ1n) is 11.1. The van der Waals surface area contributed by atoms with Crippen LogP contribution in [0.1, 0.15) is 48.5 Å². The van der Waals surface area contributed by atoms with Crippen molar-refractivity contribution in [3.8, 4) is 5.75 Å². The van der Waals surface area contributed by atoms with Crippen molar-refractivity contribution in [3.63, 3.8) is 0 Å². The molecule has 1 aliphatic heterocycles. The van der Waals surface area contributed by atoms with Crippen molar-refractivity contribution in [1.82, 2.24) is 0 Å². The average Bonchev–Trinajstić information content (AvgIpc) is 3.28. The third kappa shape index (κ3) is 4.97. The monoisotopic (exact) mass is 426 g/mol. The van der Waals surface area contributed by atoms with E-state index in [1.807, 2.05) is 38.2 Å². The minimum Gasteiger partial charge on any atom is -0.490 e. The number of ether oxygens (including phenoxy) is 2. The first-order chi connectivity index (χ1) is 15.0. The molecule has 2 aliphatic rings. The Morgan fingerprint density at radius 1 is 0.935 bits per heavy atom. The van der Waals surface area contributed by atoms with Gasteiger partial charge in [-0.2, -0.15) is 0 Å². The maximum atomic E-state index is 10.4. The molecular formula is C24H31BO6. The van der Waals surface area contributed by atoms with Crippen molar-refractivity contribution < 1.29 is 29.9 Å². The third-order valence-corrected chi connectivity index (χ3v) is 6.52. The molecule has 4 rings (SSSR count). The predicted molar refractivity (Wildman–Crippen MR) is 119 cm³/mol. The zero-order valence-electron chi connectivity index (χ0n) is 17.9. The van der Waals surface area contributed by atoms with E-state index in [0.29, 0.717) is 18.1 Å². The van der Waals surface area contributed by atoms with Gasteiger partial charge in [-0.05, 0) is 60.9 Å². The van der Waals surface area contributed by atoms with E-state index in [4.69, 9.17) is 9.47 Å². The van der Waals surface area contributed by atoms with Crippen LogP contribution in [0.15, 0.2) is 42.5 Å². The molecule has 31 heavy (non-hydrogen) atoms. The second kappa shape index (κ2) is 9.71. The van der Waals surface area contributed by atoms with Crippen molar-refractivity contribution in [2.24, 2.45) is 0 Å². The second-order valence-corrected chi connectivity index (χ2v) is 8.78. The van der Waals surface area contributed by atoms with Crippen LogP contribution in [0, 0.1) is 0 Å². The molecule has 6 nitrogen and oxygen atoms in total. The molecule has 0 amide bonds. The molecule has 4 N–H and O–H groups in total. The summed E-state index contributed by atoms with van der Waals surface area (Å²) in [6, 6.07) is 14.0. The van der Waals surface area contributed by atoms with Crippen molar-refractivity contribution in [3.05, 3.63) is 59.2 Å². The summed E-state index contributed by atoms with van der Waals surface area (Å²) in [5, 5.41) is 40.0. The second-order valence-electron chi connectivity index (χ2n) is 8.78. The highest BCUT2D eigenvalue weighted by molar-refractivity contribution is 6.33. The molecule has 1 aliphatic carbocycles. The Morgan fingerprint density at radius 3 is 2.32 bits per heavy atom. The SMILES string of the molecule is Bc1ccc([C@@H]2O[C@H](CO)[C@@H](O)[C@H](O)[C@H]2O)cc1Cc1ccc(OC2CCCC2)cc1. The number of aliphatic hydroxyl groups excluding tert-OH is 4. The average molecular weight is 426 g/mol. The molecule has 1 heterocycles. The van der Waals surface area contributed by atoms with Crippen LogP contribution in [-0.4, -0.2) is 65.4 Å². The highest BCUT2D eigenvalue weighted by Crippen LogP contribution is 2.33. The molecular weight excluding hydrogens is 395 g/mol. The summed E-state index contributed by atoms with van der Waals surface area (Å²) in [7, 11) is 2.03. The summed E-state index contributed by atoms with van der Waals surface area (Å²) in [6.07, 6.45) is 0.0400. The van der Waals surface area contributed by atoms with Gasteiger partial charge in [-0.15, -0.1) is 0 Å². The van der Waals surface area contributed by atoms with Crippen LogP contribution in [0.5, 0.6) is 5.75 Å². The standard InChI is InChI=1S/C24H31BO6/c25-19-10-7-15(24-23(29)22(28)21(27)20(13-26)31-24)12-16(19)11-14-5-8-18(9-6-14)30-17-3-1-2-4-17/h5-10,12,17,20-24,26-29H,1-4,11,13,25H2/t20-,21-,22+,23-,24+/m1/s1. The maximum Gasteiger partial charge on any atom is 0.139 e. The molecule has 0 aromatic heterocycles. The summed E-state index contributed by atoms with van der Waals surface area (Å²) < 4.78 is 11.8. The summed E-state index contributed by atoms with van der Waals surface area (Å²) in [5.41, 5.74) is 4.05. The highest BCUT2D eigenvalue weighted by Gasteiger charge is 2.43. The van der Waals surface area contributed by atoms with Gasteiger partial charge < -0.3 is 29.9 Å². The van der Waals surface area contributed by atoms with Crippen LogP contribution in [0.2, 0.25) is 0 Å². The van der Waals surface area contributed by atoms with E-state index in [9.17, 15) is 20.4 Å². The topological polar surface area (TPSA) is 99.4 Å². The van der Waals surface area contributed by atoms with Crippen molar-refractivity contribution in [2.45, 2.75) is 68.7 Å². The lowest BCUT2D eigenvalue weighted by atomic mass is 9.84. The van der Waals surface area contributed by atoms with Crippen LogP contribution in [0.25, 0.3) is 0 Å². The van der Waals surface area contributed by atoms with Gasteiger partial charge in [0, 0.05) is 0 Å². The molecule has 1 saturated carbocycles. The predicted octanol–water partition coefficient (Wildman–Crippen LogP) is 0.372. The smallest absolute Gasteiger partial charge is 0.139 e. The van der Waals surface area contributed by atoms with E-state index in [0.717, 1.165) is 35.2 Å². The molecule has 0 radical (unpaired) electrons. The largest absolute Gasteiger partial charge is 0.490 e. The Bertz CT molecular complexity index is 865. The molecule has 166 valence electrons. The van der Waals surface area contributed by atoms with Gasteiger partial charge in [0.2, 0.25) is 0 Å². The maximum absolute atomic E-state index is 10.4. The Labute approximate surface area is 183 Å². The van der Waals surface area contributed by atoms with Gasteiger partial charge in [-0.3, -0.25) is 0 Å². The highest BCUT2D eigenvalue weighted by atomic mass is 16.5. The molecule has 0 bridgehead atoms. The molecule has 1 saturated heterocycles. The summed E-state index contributed by atoms with van der Waals surface area (Å²) in [4.78, 5) is 0. The van der Waals surface area contributed by atoms with Crippen LogP contribution < -0.4 is 10.2 Å². The molecule has 2 aromatic rings. The van der Waals surface area contributed by atoms with Gasteiger partial charge in [0.05, 0.1) is 12.7 Å². The Kier molecular flexibility index (Phi) is 6.99. The normalized spacial score (nSPS) is 29.2. The quantitative estimate of drug-likeness (QED) is 0.499. The summed E-state index contributed by atoms with van der Waals surface area (Å²) >= 11 is 0. The van der Waals surface area contributed by atoms with E-state index in [-0.39, 0.29) is 0 Å². The van der Waals surface area contributed by atoms with E-state index in [1.165, 1.54) is 12.8 Å². The lowest BCUT2D eigenvalue weighted by Crippen LogP contribution is -2.55. The number of benzene rings is 2. The van der Waals surface area contributed by atoms with Gasteiger partial charge in [0.15, 0.2) is 0 Å². The fourth-order valence-electron chi connectivity index (χ4n) is 4.54. The van der Waals surface area contributed by atoms with E-state index >= 15 is 0 Å². The minimum absolute atomic E-state index is 0.336. The fraction of sp³-hybridized carbons (Fsp3) is 0.500. The number of rotatable bonds is 6. The van der Waals surface area contributed by atoms with Crippen LogP contribution >= 0.6 is 0 Å². The van der Waals surface area contributed by atoms with Crippen molar-refractivity contribution in [2.75, 3.05) is 6.61 Å². The van der Waals surface area contributed by atoms with Crippen molar-refractivity contribution in [1.29, 1.82) is 0 Å². The summed E-state index contributed by atoms with van der Waals surface area (Å²) in [5.74, 6) is 0.905. The van der Waals surface area contributed by atoms with E-state index in [2.05, 4.69) is 12.1 Å². The van der Waals surface area contributed by atoms with E-state index in [1.54, 1.807) is 0 Å². The van der Waals surface area contributed by atoms with Gasteiger partial charge in [0.25, 0.3) is 0 Å². The van der Waals surface area contributed by atoms with Gasteiger partial charge >= 0.3 is 0 Å². The molecule has 5 atom stereocenters. The summed E-state index contributed by atoms with van der Waals surface area (Å²) in [6.45, 7) is -0.435. The lowest BCUT2D eigenvalue weighted by Gasteiger charge is -2.40. The van der Waals surface area contributed by atoms with E-state index < -0.39 is 37.1 Å². The Balaban J connectivity index is 1.49. The minimum atomic E-state index is -1.38. The zero-order valence-corrected chi connectivity index (χ0v) is 17.9. The van der Waals surface area contributed by atoms with Crippen LogP contribution in [-0.2, 0) is 11.2 Å². The van der Waals surface area contributed by atoms with Gasteiger partial charge in [0.1, 0.15) is 44.1 Å². The fourth-order valence-corrected chi connectivity index (χ4v) is 4.54. The molecule has 2 fully saturated rings. The lowest BCUT2D eigenvalue weighted by molar-refractivity contribution is -0.231. The Hall–Kier alpha value is -1.90. The zero-order chi connectivity index (χ0) is 22.0. The molecule has 2 aromatic carbocycles.